The topological polar surface area (TPSA) is 40.6 Å². The van der Waals surface area contributed by atoms with E-state index in [9.17, 15) is 0 Å². The van der Waals surface area contributed by atoms with Crippen LogP contribution in [-0.2, 0) is 6.42 Å². The van der Waals surface area contributed by atoms with Crippen LogP contribution in [0.25, 0.3) is 22.2 Å². The fourth-order valence-electron chi connectivity index (χ4n) is 3.24. The first-order chi connectivity index (χ1) is 10.8. The number of fused-ring (bicyclic) bond motifs is 5. The van der Waals surface area contributed by atoms with Gasteiger partial charge in [-0.3, -0.25) is 0 Å². The van der Waals surface area contributed by atoms with E-state index < -0.39 is 0 Å². The molecule has 2 heterocycles. The first kappa shape index (κ1) is 11.9. The van der Waals surface area contributed by atoms with E-state index in [2.05, 4.69) is 18.2 Å². The lowest BCUT2D eigenvalue weighted by Gasteiger charge is -2.06. The number of hydrogen-bond donors (Lipinski definition) is 0. The van der Waals surface area contributed by atoms with Crippen molar-refractivity contribution in [1.82, 2.24) is 4.98 Å². The summed E-state index contributed by atoms with van der Waals surface area (Å²) < 4.78 is 16.2. The molecule has 0 unspecified atom stereocenters. The van der Waals surface area contributed by atoms with Gasteiger partial charge in [0.2, 0.25) is 6.79 Å². The molecule has 2 aromatic carbocycles. The predicted octanol–water partition coefficient (Wildman–Crippen LogP) is 3.54. The van der Waals surface area contributed by atoms with E-state index in [1.807, 2.05) is 18.2 Å². The van der Waals surface area contributed by atoms with Crippen molar-refractivity contribution in [3.8, 4) is 28.5 Å². The molecule has 0 N–H and O–H groups in total. The second kappa shape index (κ2) is 4.13. The Hall–Kier alpha value is -2.75. The molecule has 5 rings (SSSR count). The predicted molar refractivity (Wildman–Crippen MR) is 82.7 cm³/mol. The number of aromatic nitrogens is 1. The lowest BCUT2D eigenvalue weighted by atomic mass is 10.1. The van der Waals surface area contributed by atoms with Crippen molar-refractivity contribution < 1.29 is 14.2 Å². The quantitative estimate of drug-likeness (QED) is 0.538. The molecule has 0 amide bonds. The van der Waals surface area contributed by atoms with Gasteiger partial charge < -0.3 is 14.2 Å². The van der Waals surface area contributed by atoms with E-state index in [0.29, 0.717) is 0 Å². The summed E-state index contributed by atoms with van der Waals surface area (Å²) in [4.78, 5) is 4.86. The molecule has 0 saturated heterocycles. The average molecular weight is 291 g/mol. The molecule has 2 aliphatic rings. The van der Waals surface area contributed by atoms with Gasteiger partial charge in [0.15, 0.2) is 11.5 Å². The summed E-state index contributed by atoms with van der Waals surface area (Å²) in [7, 11) is 1.69. The molecule has 0 radical (unpaired) electrons. The van der Waals surface area contributed by atoms with Crippen LogP contribution in [0.5, 0.6) is 17.2 Å². The summed E-state index contributed by atoms with van der Waals surface area (Å²) >= 11 is 0. The maximum absolute atomic E-state index is 5.45. The van der Waals surface area contributed by atoms with Gasteiger partial charge in [-0.2, -0.15) is 0 Å². The lowest BCUT2D eigenvalue weighted by Crippen LogP contribution is -1.92. The first-order valence-corrected chi connectivity index (χ1v) is 7.22. The van der Waals surface area contributed by atoms with E-state index in [0.717, 1.165) is 45.8 Å². The van der Waals surface area contributed by atoms with E-state index in [4.69, 9.17) is 19.2 Å². The highest BCUT2D eigenvalue weighted by molar-refractivity contribution is 5.89. The maximum atomic E-state index is 5.45. The molecule has 4 heteroatoms. The van der Waals surface area contributed by atoms with Gasteiger partial charge in [-0.25, -0.2) is 4.98 Å². The van der Waals surface area contributed by atoms with Gasteiger partial charge in [0, 0.05) is 23.4 Å². The Labute approximate surface area is 127 Å². The van der Waals surface area contributed by atoms with Crippen LogP contribution < -0.4 is 14.2 Å². The van der Waals surface area contributed by atoms with Crippen molar-refractivity contribution in [2.24, 2.45) is 0 Å². The number of ether oxygens (including phenoxy) is 3. The highest BCUT2D eigenvalue weighted by atomic mass is 16.7. The van der Waals surface area contributed by atoms with Crippen molar-refractivity contribution in [3.63, 3.8) is 0 Å². The molecule has 0 bridgehead atoms. The summed E-state index contributed by atoms with van der Waals surface area (Å²) in [5.74, 6) is 2.43. The second-order valence-corrected chi connectivity index (χ2v) is 5.59. The van der Waals surface area contributed by atoms with Crippen LogP contribution in [0.15, 0.2) is 36.4 Å². The smallest absolute Gasteiger partial charge is 0.231 e. The third-order valence-electron chi connectivity index (χ3n) is 4.34. The molecule has 0 spiro atoms. The monoisotopic (exact) mass is 291 g/mol. The van der Waals surface area contributed by atoms with E-state index in [1.54, 1.807) is 7.11 Å². The SMILES string of the molecule is COc1ccc2c(c1)-c1nc3cc4c(cc3cc1C2)OCO4. The Morgan fingerprint density at radius 3 is 2.73 bits per heavy atom. The fourth-order valence-corrected chi connectivity index (χ4v) is 3.24. The number of methoxy groups -OCH3 is 1. The minimum atomic E-state index is 0.283. The van der Waals surface area contributed by atoms with Gasteiger partial charge in [-0.1, -0.05) is 6.07 Å². The summed E-state index contributed by atoms with van der Waals surface area (Å²) in [6.07, 6.45) is 0.909. The van der Waals surface area contributed by atoms with Crippen LogP contribution in [0.4, 0.5) is 0 Å². The Kier molecular flexibility index (Phi) is 2.23. The van der Waals surface area contributed by atoms with Crippen LogP contribution in [0, 0.1) is 0 Å². The molecule has 1 aliphatic heterocycles. The third kappa shape index (κ3) is 1.55. The minimum absolute atomic E-state index is 0.283. The Balaban J connectivity index is 1.75. The molecule has 0 saturated carbocycles. The van der Waals surface area contributed by atoms with Gasteiger partial charge >= 0.3 is 0 Å². The van der Waals surface area contributed by atoms with Crippen molar-refractivity contribution in [1.29, 1.82) is 0 Å². The number of nitrogens with zero attached hydrogens (tertiary/aromatic N) is 1. The van der Waals surface area contributed by atoms with Gasteiger partial charge in [0.25, 0.3) is 0 Å². The van der Waals surface area contributed by atoms with Gasteiger partial charge in [-0.15, -0.1) is 0 Å². The molecule has 1 aliphatic carbocycles. The molecule has 0 atom stereocenters. The average Bonchev–Trinajstić information content (AvgIpc) is 3.13. The van der Waals surface area contributed by atoms with Crippen LogP contribution >= 0.6 is 0 Å². The van der Waals surface area contributed by atoms with Crippen molar-refractivity contribution >= 4 is 10.9 Å². The van der Waals surface area contributed by atoms with Crippen LogP contribution in [0.2, 0.25) is 0 Å². The Bertz CT molecular complexity index is 933. The second-order valence-electron chi connectivity index (χ2n) is 5.59. The van der Waals surface area contributed by atoms with E-state index in [1.165, 1.54) is 11.1 Å². The minimum Gasteiger partial charge on any atom is -0.497 e. The number of rotatable bonds is 1. The summed E-state index contributed by atoms with van der Waals surface area (Å²) in [6, 6.07) is 12.3. The zero-order valence-electron chi connectivity index (χ0n) is 12.1. The van der Waals surface area contributed by atoms with Crippen LogP contribution in [-0.4, -0.2) is 18.9 Å². The molecule has 3 aromatic rings. The van der Waals surface area contributed by atoms with E-state index in [-0.39, 0.29) is 6.79 Å². The zero-order chi connectivity index (χ0) is 14.7. The van der Waals surface area contributed by atoms with Crippen molar-refractivity contribution in [2.45, 2.75) is 6.42 Å². The van der Waals surface area contributed by atoms with E-state index >= 15 is 0 Å². The third-order valence-corrected chi connectivity index (χ3v) is 4.34. The molecule has 4 nitrogen and oxygen atoms in total. The molecule has 22 heavy (non-hydrogen) atoms. The lowest BCUT2D eigenvalue weighted by molar-refractivity contribution is 0.174. The van der Waals surface area contributed by atoms with Crippen LogP contribution in [0.1, 0.15) is 11.1 Å². The highest BCUT2D eigenvalue weighted by Crippen LogP contribution is 2.41. The standard InChI is InChI=1S/C18H13NO3/c1-20-13-3-2-10-4-12-5-11-6-16-17(22-9-21-16)8-15(11)19-18(12)14(10)7-13/h2-3,5-8H,4,9H2,1H3. The first-order valence-electron chi connectivity index (χ1n) is 7.22. The van der Waals surface area contributed by atoms with Crippen molar-refractivity contribution in [2.75, 3.05) is 13.9 Å². The van der Waals surface area contributed by atoms with Gasteiger partial charge in [0.05, 0.1) is 18.3 Å². The zero-order valence-corrected chi connectivity index (χ0v) is 12.1. The largest absolute Gasteiger partial charge is 0.497 e. The number of hydrogen-bond acceptors (Lipinski definition) is 4. The van der Waals surface area contributed by atoms with Crippen LogP contribution in [0.3, 0.4) is 0 Å². The Morgan fingerprint density at radius 1 is 1.00 bits per heavy atom. The molecular weight excluding hydrogens is 278 g/mol. The molecule has 108 valence electrons. The highest BCUT2D eigenvalue weighted by Gasteiger charge is 2.23. The van der Waals surface area contributed by atoms with Gasteiger partial charge in [0.1, 0.15) is 5.75 Å². The number of benzene rings is 2. The number of pyridine rings is 1. The van der Waals surface area contributed by atoms with Gasteiger partial charge in [-0.05, 0) is 35.4 Å². The summed E-state index contributed by atoms with van der Waals surface area (Å²) in [6.45, 7) is 0.283. The molecule has 1 aromatic heterocycles. The summed E-state index contributed by atoms with van der Waals surface area (Å²) in [5, 5.41) is 1.09. The molecular formula is C18H13NO3. The summed E-state index contributed by atoms with van der Waals surface area (Å²) in [5.41, 5.74) is 5.67. The normalized spacial score (nSPS) is 14.0. The van der Waals surface area contributed by atoms with Crippen molar-refractivity contribution in [3.05, 3.63) is 47.5 Å². The molecule has 0 fully saturated rings. The Morgan fingerprint density at radius 2 is 1.86 bits per heavy atom. The maximum Gasteiger partial charge on any atom is 0.231 e. The fraction of sp³-hybridized carbons (Fsp3) is 0.167.